The molecule has 0 fully saturated rings. The molecule has 0 aromatic heterocycles. The molecule has 0 amide bonds. The minimum atomic E-state index is 1.30. The summed E-state index contributed by atoms with van der Waals surface area (Å²) < 4.78 is 1.31. The highest BCUT2D eigenvalue weighted by Gasteiger charge is 1.98. The van der Waals surface area contributed by atoms with Crippen molar-refractivity contribution in [2.45, 2.75) is 6.92 Å². The zero-order chi connectivity index (χ0) is 9.97. The Bertz CT molecular complexity index is 484. The van der Waals surface area contributed by atoms with Crippen molar-refractivity contribution in [3.05, 3.63) is 51.6 Å². The van der Waals surface area contributed by atoms with Crippen molar-refractivity contribution in [1.29, 1.82) is 0 Å². The van der Waals surface area contributed by atoms with Crippen molar-refractivity contribution in [2.24, 2.45) is 0 Å². The van der Waals surface area contributed by atoms with E-state index in [0.29, 0.717) is 0 Å². The molecule has 0 heterocycles. The number of benzene rings is 2. The summed E-state index contributed by atoms with van der Waals surface area (Å²) in [7, 11) is 0. The maximum Gasteiger partial charge on any atom is 0.0209 e. The Balaban J connectivity index is 2.70. The van der Waals surface area contributed by atoms with Crippen molar-refractivity contribution in [3.8, 4) is 0 Å². The van der Waals surface area contributed by atoms with Gasteiger partial charge in [0.05, 0.1) is 0 Å². The summed E-state index contributed by atoms with van der Waals surface area (Å²) in [6, 6.07) is 12.9. The van der Waals surface area contributed by atoms with E-state index < -0.39 is 0 Å². The molecule has 2 aromatic carbocycles. The number of halogens is 1. The van der Waals surface area contributed by atoms with E-state index >= 15 is 0 Å². The molecule has 0 spiro atoms. The highest BCUT2D eigenvalue weighted by Crippen LogP contribution is 2.22. The van der Waals surface area contributed by atoms with Gasteiger partial charge in [-0.25, -0.2) is 0 Å². The second-order valence-corrected chi connectivity index (χ2v) is 4.38. The monoisotopic (exact) mass is 294 g/mol. The lowest BCUT2D eigenvalue weighted by Gasteiger charge is -2.02. The van der Waals surface area contributed by atoms with Gasteiger partial charge >= 0.3 is 0 Å². The molecule has 0 aliphatic rings. The summed E-state index contributed by atoms with van der Waals surface area (Å²) in [6.07, 6.45) is 4.22. The summed E-state index contributed by atoms with van der Waals surface area (Å²) in [6.45, 7) is 2.05. The molecule has 0 saturated heterocycles. The molecular formula is C13H11I. The van der Waals surface area contributed by atoms with E-state index in [1.807, 2.05) is 6.92 Å². The summed E-state index contributed by atoms with van der Waals surface area (Å²) in [5.74, 6) is 0. The fourth-order valence-electron chi connectivity index (χ4n) is 1.54. The van der Waals surface area contributed by atoms with Crippen LogP contribution in [0.4, 0.5) is 0 Å². The third-order valence-electron chi connectivity index (χ3n) is 2.21. The molecule has 1 heteroatoms. The Labute approximate surface area is 97.8 Å². The van der Waals surface area contributed by atoms with E-state index in [0.717, 1.165) is 0 Å². The number of hydrogen-bond acceptors (Lipinski definition) is 0. The third kappa shape index (κ3) is 1.82. The zero-order valence-electron chi connectivity index (χ0n) is 8.00. The summed E-state index contributed by atoms with van der Waals surface area (Å²) >= 11 is 2.38. The molecule has 2 rings (SSSR count). The number of allylic oxidation sites excluding steroid dienone is 1. The lowest BCUT2D eigenvalue weighted by Crippen LogP contribution is -1.81. The predicted octanol–water partition coefficient (Wildman–Crippen LogP) is 4.48. The van der Waals surface area contributed by atoms with Gasteiger partial charge in [0.25, 0.3) is 0 Å². The lowest BCUT2D eigenvalue weighted by atomic mass is 10.1. The van der Waals surface area contributed by atoms with Crippen LogP contribution in [0.1, 0.15) is 12.5 Å². The molecular weight excluding hydrogens is 283 g/mol. The average Bonchev–Trinajstić information content (AvgIpc) is 2.19. The zero-order valence-corrected chi connectivity index (χ0v) is 10.2. The van der Waals surface area contributed by atoms with Crippen LogP contribution in [0, 0.1) is 3.57 Å². The predicted molar refractivity (Wildman–Crippen MR) is 71.4 cm³/mol. The Hall–Kier alpha value is -0.830. The standard InChI is InChI=1S/C13H11I/c1-2-5-12-8-10-6-3-4-7-11(10)9-13(12)14/h2-9H,1H3/b5-2+. The minimum absolute atomic E-state index is 1.30. The number of rotatable bonds is 1. The summed E-state index contributed by atoms with van der Waals surface area (Å²) in [4.78, 5) is 0. The molecule has 70 valence electrons. The molecule has 0 radical (unpaired) electrons. The van der Waals surface area contributed by atoms with Crippen LogP contribution in [0.3, 0.4) is 0 Å². The second-order valence-electron chi connectivity index (χ2n) is 3.22. The van der Waals surface area contributed by atoms with Crippen molar-refractivity contribution < 1.29 is 0 Å². The van der Waals surface area contributed by atoms with Crippen LogP contribution in [0.15, 0.2) is 42.5 Å². The first kappa shape index (κ1) is 9.71. The van der Waals surface area contributed by atoms with Gasteiger partial charge in [0.2, 0.25) is 0 Å². The Kier molecular flexibility index (Phi) is 2.87. The van der Waals surface area contributed by atoms with Gasteiger partial charge in [-0.2, -0.15) is 0 Å². The molecule has 2 aromatic rings. The Morgan fingerprint density at radius 2 is 1.71 bits per heavy atom. The van der Waals surface area contributed by atoms with Gasteiger partial charge in [0, 0.05) is 3.57 Å². The quantitative estimate of drug-likeness (QED) is 0.680. The van der Waals surface area contributed by atoms with E-state index in [2.05, 4.69) is 71.1 Å². The van der Waals surface area contributed by atoms with Crippen LogP contribution < -0.4 is 0 Å². The van der Waals surface area contributed by atoms with Gasteiger partial charge < -0.3 is 0 Å². The van der Waals surface area contributed by atoms with Gasteiger partial charge in [-0.1, -0.05) is 36.4 Å². The van der Waals surface area contributed by atoms with Gasteiger partial charge in [-0.15, -0.1) is 0 Å². The lowest BCUT2D eigenvalue weighted by molar-refractivity contribution is 1.63. The maximum atomic E-state index is 2.38. The van der Waals surface area contributed by atoms with Crippen LogP contribution in [0.2, 0.25) is 0 Å². The fourth-order valence-corrected chi connectivity index (χ4v) is 2.21. The van der Waals surface area contributed by atoms with Crippen LogP contribution >= 0.6 is 22.6 Å². The van der Waals surface area contributed by atoms with Crippen LogP contribution in [0.5, 0.6) is 0 Å². The molecule has 0 atom stereocenters. The van der Waals surface area contributed by atoms with Crippen LogP contribution in [-0.2, 0) is 0 Å². The third-order valence-corrected chi connectivity index (χ3v) is 3.15. The van der Waals surface area contributed by atoms with Crippen LogP contribution in [0.25, 0.3) is 16.8 Å². The normalized spacial score (nSPS) is 11.3. The highest BCUT2D eigenvalue weighted by molar-refractivity contribution is 14.1. The van der Waals surface area contributed by atoms with E-state index in [1.165, 1.54) is 19.9 Å². The molecule has 0 aliphatic carbocycles. The molecule has 0 bridgehead atoms. The second kappa shape index (κ2) is 4.13. The van der Waals surface area contributed by atoms with E-state index in [-0.39, 0.29) is 0 Å². The molecule has 0 aliphatic heterocycles. The van der Waals surface area contributed by atoms with E-state index in [1.54, 1.807) is 0 Å². The van der Waals surface area contributed by atoms with Gasteiger partial charge in [0.1, 0.15) is 0 Å². The fraction of sp³-hybridized carbons (Fsp3) is 0.0769. The first-order valence-corrected chi connectivity index (χ1v) is 5.70. The van der Waals surface area contributed by atoms with Crippen molar-refractivity contribution in [2.75, 3.05) is 0 Å². The first-order chi connectivity index (χ1) is 6.81. The van der Waals surface area contributed by atoms with E-state index in [4.69, 9.17) is 0 Å². The Morgan fingerprint density at radius 1 is 1.07 bits per heavy atom. The Morgan fingerprint density at radius 3 is 2.36 bits per heavy atom. The topological polar surface area (TPSA) is 0 Å². The maximum absolute atomic E-state index is 2.38. The summed E-state index contributed by atoms with van der Waals surface area (Å²) in [5, 5.41) is 2.62. The largest absolute Gasteiger partial charge is 0.0870 e. The molecule has 0 saturated carbocycles. The smallest absolute Gasteiger partial charge is 0.0209 e. The van der Waals surface area contributed by atoms with Crippen molar-refractivity contribution in [3.63, 3.8) is 0 Å². The van der Waals surface area contributed by atoms with Gasteiger partial charge in [-0.05, 0) is 58.0 Å². The minimum Gasteiger partial charge on any atom is -0.0870 e. The van der Waals surface area contributed by atoms with Crippen molar-refractivity contribution in [1.82, 2.24) is 0 Å². The van der Waals surface area contributed by atoms with Crippen LogP contribution in [-0.4, -0.2) is 0 Å². The molecule has 0 N–H and O–H groups in total. The SMILES string of the molecule is C/C=C/c1cc2ccccc2cc1I. The number of fused-ring (bicyclic) bond motifs is 1. The van der Waals surface area contributed by atoms with Gasteiger partial charge in [0.15, 0.2) is 0 Å². The average molecular weight is 294 g/mol. The highest BCUT2D eigenvalue weighted by atomic mass is 127. The summed E-state index contributed by atoms with van der Waals surface area (Å²) in [5.41, 5.74) is 1.30. The number of hydrogen-bond donors (Lipinski definition) is 0. The van der Waals surface area contributed by atoms with Crippen molar-refractivity contribution >= 4 is 39.4 Å². The van der Waals surface area contributed by atoms with E-state index in [9.17, 15) is 0 Å². The molecule has 14 heavy (non-hydrogen) atoms. The molecule has 0 unspecified atom stereocenters. The first-order valence-electron chi connectivity index (χ1n) is 4.62. The molecule has 0 nitrogen and oxygen atoms in total. The van der Waals surface area contributed by atoms with Gasteiger partial charge in [-0.3, -0.25) is 0 Å².